The quantitative estimate of drug-likeness (QED) is 0.637. The fraction of sp³-hybridized carbons (Fsp3) is 0.833. The van der Waals surface area contributed by atoms with Crippen molar-refractivity contribution in [3.8, 4) is 0 Å². The molecule has 0 saturated carbocycles. The van der Waals surface area contributed by atoms with Gasteiger partial charge in [-0.05, 0) is 7.05 Å². The Morgan fingerprint density at radius 1 is 1.62 bits per heavy atom. The molecule has 0 heterocycles. The molecule has 4 nitrogen and oxygen atoms in total. The smallest absolute Gasteiger partial charge is 0.370 e. The van der Waals surface area contributed by atoms with Gasteiger partial charge in [-0.3, -0.25) is 4.79 Å². The molecule has 0 aliphatic carbocycles. The van der Waals surface area contributed by atoms with E-state index in [1.807, 2.05) is 0 Å². The summed E-state index contributed by atoms with van der Waals surface area (Å²) in [5.74, 6) is -0.746. The highest BCUT2D eigenvalue weighted by Crippen LogP contribution is 2.14. The van der Waals surface area contributed by atoms with Crippen LogP contribution in [-0.2, 0) is 9.53 Å². The van der Waals surface area contributed by atoms with Gasteiger partial charge in [-0.2, -0.15) is 13.2 Å². The van der Waals surface area contributed by atoms with Gasteiger partial charge in [-0.15, -0.1) is 0 Å². The van der Waals surface area contributed by atoms with Gasteiger partial charge in [0.25, 0.3) is 0 Å². The maximum absolute atomic E-state index is 11.5. The van der Waals surface area contributed by atoms with Crippen LogP contribution in [0.25, 0.3) is 0 Å². The zero-order valence-electron chi connectivity index (χ0n) is 7.02. The number of primary amides is 1. The third-order valence-electron chi connectivity index (χ3n) is 1.24. The van der Waals surface area contributed by atoms with E-state index in [9.17, 15) is 18.0 Å². The van der Waals surface area contributed by atoms with Crippen molar-refractivity contribution in [2.75, 3.05) is 20.3 Å². The monoisotopic (exact) mass is 200 g/mol. The maximum atomic E-state index is 11.5. The third kappa shape index (κ3) is 6.35. The molecule has 0 aromatic carbocycles. The van der Waals surface area contributed by atoms with E-state index >= 15 is 0 Å². The van der Waals surface area contributed by atoms with Crippen LogP contribution in [0.4, 0.5) is 13.2 Å². The fourth-order valence-electron chi connectivity index (χ4n) is 0.600. The predicted molar refractivity (Wildman–Crippen MR) is 38.9 cm³/mol. The molecule has 0 aliphatic rings. The molecule has 1 atom stereocenters. The first kappa shape index (κ1) is 12.2. The first-order chi connectivity index (χ1) is 5.87. The predicted octanol–water partition coefficient (Wildman–Crippen LogP) is -0.361. The molecule has 0 rings (SSSR count). The molecule has 3 N–H and O–H groups in total. The van der Waals surface area contributed by atoms with Crippen LogP contribution < -0.4 is 11.1 Å². The molecule has 0 aliphatic heterocycles. The number of nitrogens with two attached hydrogens (primary N) is 1. The average molecular weight is 200 g/mol. The first-order valence-corrected chi connectivity index (χ1v) is 3.48. The molecule has 1 unspecified atom stereocenters. The van der Waals surface area contributed by atoms with Crippen LogP contribution >= 0.6 is 0 Å². The van der Waals surface area contributed by atoms with E-state index in [1.54, 1.807) is 0 Å². The Hall–Kier alpha value is -0.820. The van der Waals surface area contributed by atoms with Crippen molar-refractivity contribution in [2.24, 2.45) is 5.73 Å². The van der Waals surface area contributed by atoms with E-state index in [2.05, 4.69) is 10.1 Å². The van der Waals surface area contributed by atoms with Gasteiger partial charge in [0.05, 0.1) is 6.61 Å². The van der Waals surface area contributed by atoms with E-state index in [1.165, 1.54) is 7.05 Å². The van der Waals surface area contributed by atoms with Crippen LogP contribution in [0.5, 0.6) is 0 Å². The number of carbonyl (C=O) groups is 1. The number of ether oxygens (including phenoxy) is 1. The normalized spacial score (nSPS) is 14.2. The molecule has 7 heteroatoms. The van der Waals surface area contributed by atoms with Gasteiger partial charge in [-0.25, -0.2) is 0 Å². The lowest BCUT2D eigenvalue weighted by molar-refractivity contribution is -0.175. The Balaban J connectivity index is 3.68. The van der Waals surface area contributed by atoms with Crippen LogP contribution in [0.1, 0.15) is 0 Å². The zero-order valence-corrected chi connectivity index (χ0v) is 7.02. The van der Waals surface area contributed by atoms with Crippen molar-refractivity contribution < 1.29 is 22.7 Å². The van der Waals surface area contributed by atoms with Gasteiger partial charge in [0.1, 0.15) is 12.6 Å². The number of nitrogens with one attached hydrogen (secondary N) is 1. The van der Waals surface area contributed by atoms with Crippen molar-refractivity contribution in [3.63, 3.8) is 0 Å². The standard InChI is InChI=1S/C6H11F3N2O2/c1-11-4(5(10)12)2-13-3-6(7,8)9/h4,11H,2-3H2,1H3,(H2,10,12). The maximum Gasteiger partial charge on any atom is 0.411 e. The van der Waals surface area contributed by atoms with E-state index in [0.29, 0.717) is 0 Å². The molecular formula is C6H11F3N2O2. The molecule has 0 spiro atoms. The van der Waals surface area contributed by atoms with Crippen molar-refractivity contribution in [3.05, 3.63) is 0 Å². The summed E-state index contributed by atoms with van der Waals surface area (Å²) in [6, 6.07) is -0.887. The number of rotatable bonds is 5. The largest absolute Gasteiger partial charge is 0.411 e. The van der Waals surface area contributed by atoms with Crippen molar-refractivity contribution >= 4 is 5.91 Å². The van der Waals surface area contributed by atoms with E-state index < -0.39 is 24.7 Å². The Bertz CT molecular complexity index is 172. The van der Waals surface area contributed by atoms with Crippen molar-refractivity contribution in [1.82, 2.24) is 5.32 Å². The fourth-order valence-corrected chi connectivity index (χ4v) is 0.600. The number of carbonyl (C=O) groups excluding carboxylic acids is 1. The highest BCUT2D eigenvalue weighted by atomic mass is 19.4. The Kier molecular flexibility index (Phi) is 4.71. The summed E-state index contributed by atoms with van der Waals surface area (Å²) in [6.45, 7) is -1.76. The lowest BCUT2D eigenvalue weighted by atomic mass is 10.3. The molecule has 0 radical (unpaired) electrons. The molecule has 0 saturated heterocycles. The number of hydrogen-bond acceptors (Lipinski definition) is 3. The molecule has 13 heavy (non-hydrogen) atoms. The Labute approximate surface area is 73.2 Å². The zero-order chi connectivity index (χ0) is 10.5. The van der Waals surface area contributed by atoms with Crippen LogP contribution in [0.2, 0.25) is 0 Å². The molecule has 78 valence electrons. The average Bonchev–Trinajstić information content (AvgIpc) is 1.95. The lowest BCUT2D eigenvalue weighted by Crippen LogP contribution is -2.43. The number of hydrogen-bond donors (Lipinski definition) is 2. The Morgan fingerprint density at radius 3 is 2.46 bits per heavy atom. The van der Waals surface area contributed by atoms with Crippen molar-refractivity contribution in [2.45, 2.75) is 12.2 Å². The third-order valence-corrected chi connectivity index (χ3v) is 1.24. The van der Waals surface area contributed by atoms with E-state index in [4.69, 9.17) is 5.73 Å². The van der Waals surface area contributed by atoms with Crippen LogP contribution in [-0.4, -0.2) is 38.4 Å². The van der Waals surface area contributed by atoms with Gasteiger partial charge in [0.2, 0.25) is 5.91 Å². The summed E-state index contributed by atoms with van der Waals surface area (Å²) < 4.78 is 38.9. The number of likely N-dealkylation sites (N-methyl/N-ethyl adjacent to an activating group) is 1. The topological polar surface area (TPSA) is 64.3 Å². The molecule has 0 fully saturated rings. The summed E-state index contributed by atoms with van der Waals surface area (Å²) in [6.07, 6.45) is -4.38. The summed E-state index contributed by atoms with van der Waals surface area (Å²) in [5.41, 5.74) is 4.83. The minimum atomic E-state index is -4.38. The first-order valence-electron chi connectivity index (χ1n) is 3.48. The molecule has 0 bridgehead atoms. The van der Waals surface area contributed by atoms with Gasteiger partial charge >= 0.3 is 6.18 Å². The minimum absolute atomic E-state index is 0.384. The SMILES string of the molecule is CNC(COCC(F)(F)F)C(N)=O. The number of alkyl halides is 3. The second kappa shape index (κ2) is 5.03. The van der Waals surface area contributed by atoms with Crippen LogP contribution in [0.3, 0.4) is 0 Å². The molecular weight excluding hydrogens is 189 g/mol. The van der Waals surface area contributed by atoms with Crippen LogP contribution in [0, 0.1) is 0 Å². The van der Waals surface area contributed by atoms with Crippen molar-refractivity contribution in [1.29, 1.82) is 0 Å². The van der Waals surface area contributed by atoms with Crippen LogP contribution in [0.15, 0.2) is 0 Å². The second-order valence-corrected chi connectivity index (χ2v) is 2.37. The van der Waals surface area contributed by atoms with E-state index in [-0.39, 0.29) is 6.61 Å². The second-order valence-electron chi connectivity index (χ2n) is 2.37. The summed E-state index contributed by atoms with van der Waals surface area (Å²) >= 11 is 0. The van der Waals surface area contributed by atoms with E-state index in [0.717, 1.165) is 0 Å². The number of halogens is 3. The van der Waals surface area contributed by atoms with Gasteiger partial charge in [0, 0.05) is 0 Å². The summed E-state index contributed by atoms with van der Waals surface area (Å²) in [4.78, 5) is 10.5. The van der Waals surface area contributed by atoms with Gasteiger partial charge in [0.15, 0.2) is 0 Å². The molecule has 1 amide bonds. The Morgan fingerprint density at radius 2 is 2.15 bits per heavy atom. The highest BCUT2D eigenvalue weighted by Gasteiger charge is 2.28. The minimum Gasteiger partial charge on any atom is -0.370 e. The molecule has 0 aromatic heterocycles. The van der Waals surface area contributed by atoms with Gasteiger partial charge < -0.3 is 15.8 Å². The number of amides is 1. The van der Waals surface area contributed by atoms with Gasteiger partial charge in [-0.1, -0.05) is 0 Å². The lowest BCUT2D eigenvalue weighted by Gasteiger charge is -2.13. The summed E-state index contributed by atoms with van der Waals surface area (Å²) in [7, 11) is 1.41. The highest BCUT2D eigenvalue weighted by molar-refractivity contribution is 5.79. The summed E-state index contributed by atoms with van der Waals surface area (Å²) in [5, 5.41) is 2.42. The molecule has 0 aromatic rings.